The number of ether oxygens (including phenoxy) is 2. The van der Waals surface area contributed by atoms with E-state index in [-0.39, 0.29) is 24.4 Å². The first-order valence-electron chi connectivity index (χ1n) is 9.49. The molecule has 1 aliphatic heterocycles. The molecule has 0 radical (unpaired) electrons. The van der Waals surface area contributed by atoms with Crippen LogP contribution in [0.15, 0.2) is 29.6 Å². The van der Waals surface area contributed by atoms with Gasteiger partial charge in [0, 0.05) is 11.4 Å². The van der Waals surface area contributed by atoms with Gasteiger partial charge < -0.3 is 19.7 Å². The molecule has 7 heteroatoms. The van der Waals surface area contributed by atoms with Gasteiger partial charge in [-0.3, -0.25) is 4.79 Å². The molecule has 2 heterocycles. The molecule has 4 rings (SSSR count). The molecule has 1 saturated carbocycles. The number of nitrogens with zero attached hydrogens (tertiary/aromatic N) is 1. The van der Waals surface area contributed by atoms with Crippen LogP contribution in [0.3, 0.4) is 0 Å². The van der Waals surface area contributed by atoms with Crippen LogP contribution in [0.2, 0.25) is 0 Å². The summed E-state index contributed by atoms with van der Waals surface area (Å²) in [4.78, 5) is 16.2. The second-order valence-corrected chi connectivity index (χ2v) is 8.21. The summed E-state index contributed by atoms with van der Waals surface area (Å²) in [5.74, 6) is 2.38. The fourth-order valence-electron chi connectivity index (χ4n) is 3.77. The highest BCUT2D eigenvalue weighted by atomic mass is 35.5. The zero-order chi connectivity index (χ0) is 18.8. The van der Waals surface area contributed by atoms with Gasteiger partial charge in [-0.15, -0.1) is 23.7 Å². The minimum absolute atomic E-state index is 0. The maximum Gasteiger partial charge on any atom is 0.237 e. The van der Waals surface area contributed by atoms with E-state index in [1.54, 1.807) is 25.6 Å². The van der Waals surface area contributed by atoms with Crippen molar-refractivity contribution in [2.45, 2.75) is 25.3 Å². The molecule has 2 aromatic rings. The number of thiophene rings is 1. The number of amides is 1. The molecular formula is C21H27ClN2O3S. The first kappa shape index (κ1) is 21.0. The summed E-state index contributed by atoms with van der Waals surface area (Å²) in [5, 5.41) is 5.41. The van der Waals surface area contributed by atoms with Crippen LogP contribution in [-0.4, -0.2) is 44.7 Å². The molecule has 1 aromatic carbocycles. The molecule has 1 aromatic heterocycles. The van der Waals surface area contributed by atoms with Crippen LogP contribution in [0.25, 0.3) is 0 Å². The molecule has 1 atom stereocenters. The van der Waals surface area contributed by atoms with E-state index in [4.69, 9.17) is 9.47 Å². The number of rotatable bonds is 7. The molecule has 2 aliphatic rings. The summed E-state index contributed by atoms with van der Waals surface area (Å²) in [6, 6.07) is 8.18. The van der Waals surface area contributed by atoms with Crippen LogP contribution >= 0.6 is 23.7 Å². The molecule has 28 heavy (non-hydrogen) atoms. The fraction of sp³-hybridized carbons (Fsp3) is 0.476. The molecule has 0 saturated heterocycles. The Morgan fingerprint density at radius 3 is 2.64 bits per heavy atom. The number of fused-ring (bicyclic) bond motifs is 1. The summed E-state index contributed by atoms with van der Waals surface area (Å²) in [5.41, 5.74) is 2.36. The van der Waals surface area contributed by atoms with Gasteiger partial charge in [0.15, 0.2) is 11.5 Å². The smallest absolute Gasteiger partial charge is 0.237 e. The predicted molar refractivity (Wildman–Crippen MR) is 114 cm³/mol. The van der Waals surface area contributed by atoms with Gasteiger partial charge in [0.2, 0.25) is 5.91 Å². The van der Waals surface area contributed by atoms with E-state index < -0.39 is 0 Å². The van der Waals surface area contributed by atoms with Crippen LogP contribution in [-0.2, 0) is 11.2 Å². The summed E-state index contributed by atoms with van der Waals surface area (Å²) in [6.07, 6.45) is 3.40. The lowest BCUT2D eigenvalue weighted by Crippen LogP contribution is -2.44. The monoisotopic (exact) mass is 422 g/mol. The van der Waals surface area contributed by atoms with Crippen LogP contribution in [0.5, 0.6) is 11.5 Å². The first-order valence-corrected chi connectivity index (χ1v) is 10.4. The Balaban J connectivity index is 0.00000225. The van der Waals surface area contributed by atoms with Gasteiger partial charge in [0.05, 0.1) is 26.8 Å². The Kier molecular flexibility index (Phi) is 6.86. The van der Waals surface area contributed by atoms with Gasteiger partial charge in [-0.25, -0.2) is 0 Å². The number of hydrogen-bond donors (Lipinski definition) is 1. The summed E-state index contributed by atoms with van der Waals surface area (Å²) < 4.78 is 11.0. The molecule has 1 N–H and O–H groups in total. The Morgan fingerprint density at radius 1 is 1.25 bits per heavy atom. The average Bonchev–Trinajstić information content (AvgIpc) is 3.36. The van der Waals surface area contributed by atoms with Crippen molar-refractivity contribution in [1.82, 2.24) is 10.2 Å². The number of nitrogens with one attached hydrogen (secondary N) is 1. The Bertz CT molecular complexity index is 808. The van der Waals surface area contributed by atoms with E-state index in [0.29, 0.717) is 12.3 Å². The molecule has 5 nitrogen and oxygen atoms in total. The Morgan fingerprint density at radius 2 is 2.00 bits per heavy atom. The lowest BCUT2D eigenvalue weighted by atomic mass is 9.90. The van der Waals surface area contributed by atoms with Crippen molar-refractivity contribution in [3.8, 4) is 11.5 Å². The molecule has 1 fully saturated rings. The quantitative estimate of drug-likeness (QED) is 0.739. The molecule has 1 aliphatic carbocycles. The van der Waals surface area contributed by atoms with Crippen molar-refractivity contribution < 1.29 is 14.3 Å². The topological polar surface area (TPSA) is 50.8 Å². The van der Waals surface area contributed by atoms with Gasteiger partial charge in [0.25, 0.3) is 0 Å². The van der Waals surface area contributed by atoms with Crippen molar-refractivity contribution in [1.29, 1.82) is 0 Å². The number of hydrogen-bond acceptors (Lipinski definition) is 5. The lowest BCUT2D eigenvalue weighted by molar-refractivity contribution is -0.132. The first-order chi connectivity index (χ1) is 13.2. The van der Waals surface area contributed by atoms with E-state index in [2.05, 4.69) is 22.8 Å². The zero-order valence-corrected chi connectivity index (χ0v) is 17.9. The van der Waals surface area contributed by atoms with E-state index >= 15 is 0 Å². The minimum atomic E-state index is -0.0659. The second kappa shape index (κ2) is 9.16. The van der Waals surface area contributed by atoms with Crippen LogP contribution < -0.4 is 14.8 Å². The van der Waals surface area contributed by atoms with Gasteiger partial charge in [0.1, 0.15) is 0 Å². The SMILES string of the molecule is COc1cc2c(cc1OC)C(c1cccs1)N(C(=O)CNCC1CC1)CC2.Cl. The number of halogens is 1. The largest absolute Gasteiger partial charge is 0.493 e. The molecule has 0 spiro atoms. The van der Waals surface area contributed by atoms with Gasteiger partial charge in [-0.1, -0.05) is 6.07 Å². The van der Waals surface area contributed by atoms with Gasteiger partial charge in [-0.2, -0.15) is 0 Å². The Labute approximate surface area is 176 Å². The molecule has 1 unspecified atom stereocenters. The van der Waals surface area contributed by atoms with Crippen molar-refractivity contribution in [2.75, 3.05) is 33.9 Å². The normalized spacial score (nSPS) is 18.2. The molecule has 1 amide bonds. The van der Waals surface area contributed by atoms with E-state index in [9.17, 15) is 4.79 Å². The van der Waals surface area contributed by atoms with E-state index in [1.807, 2.05) is 17.0 Å². The third-order valence-electron chi connectivity index (χ3n) is 5.41. The van der Waals surface area contributed by atoms with Crippen molar-refractivity contribution in [3.63, 3.8) is 0 Å². The standard InChI is InChI=1S/C21H26N2O3S.ClH/c1-25-17-10-15-7-8-23(20(24)13-22-12-14-5-6-14)21(19-4-3-9-27-19)16(15)11-18(17)26-2;/h3-4,9-11,14,21-22H,5-8,12-13H2,1-2H3;1H. The average molecular weight is 423 g/mol. The second-order valence-electron chi connectivity index (χ2n) is 7.24. The highest BCUT2D eigenvalue weighted by molar-refractivity contribution is 7.10. The third kappa shape index (κ3) is 4.29. The summed E-state index contributed by atoms with van der Waals surface area (Å²) >= 11 is 1.69. The lowest BCUT2D eigenvalue weighted by Gasteiger charge is -2.37. The molecule has 152 valence electrons. The summed E-state index contributed by atoms with van der Waals surface area (Å²) in [6.45, 7) is 2.07. The maximum absolute atomic E-state index is 13.0. The zero-order valence-electron chi connectivity index (χ0n) is 16.3. The predicted octanol–water partition coefficient (Wildman–Crippen LogP) is 3.66. The van der Waals surface area contributed by atoms with Crippen molar-refractivity contribution >= 4 is 29.7 Å². The van der Waals surface area contributed by atoms with Crippen molar-refractivity contribution in [3.05, 3.63) is 45.6 Å². The third-order valence-corrected chi connectivity index (χ3v) is 6.34. The number of methoxy groups -OCH3 is 2. The van der Waals surface area contributed by atoms with Crippen molar-refractivity contribution in [2.24, 2.45) is 5.92 Å². The van der Waals surface area contributed by atoms with Crippen LogP contribution in [0.4, 0.5) is 0 Å². The van der Waals surface area contributed by atoms with Gasteiger partial charge in [-0.05, 0) is 66.4 Å². The Hall–Kier alpha value is -1.76. The minimum Gasteiger partial charge on any atom is -0.493 e. The number of benzene rings is 1. The van der Waals surface area contributed by atoms with Crippen LogP contribution in [0.1, 0.15) is 34.9 Å². The number of carbonyl (C=O) groups is 1. The highest BCUT2D eigenvalue weighted by Gasteiger charge is 2.34. The van der Waals surface area contributed by atoms with E-state index in [1.165, 1.54) is 23.3 Å². The molecular weight excluding hydrogens is 396 g/mol. The van der Waals surface area contributed by atoms with Crippen LogP contribution in [0, 0.1) is 5.92 Å². The van der Waals surface area contributed by atoms with E-state index in [0.717, 1.165) is 36.7 Å². The number of carbonyl (C=O) groups excluding carboxylic acids is 1. The maximum atomic E-state index is 13.0. The molecule has 0 bridgehead atoms. The fourth-order valence-corrected chi connectivity index (χ4v) is 4.63. The highest BCUT2D eigenvalue weighted by Crippen LogP contribution is 2.42. The van der Waals surface area contributed by atoms with Gasteiger partial charge >= 0.3 is 0 Å². The summed E-state index contributed by atoms with van der Waals surface area (Å²) in [7, 11) is 3.31.